The molecule has 1 atom stereocenters. The smallest absolute Gasteiger partial charge is 0.272 e. The predicted molar refractivity (Wildman–Crippen MR) is 114 cm³/mol. The Balaban J connectivity index is 1.61. The topological polar surface area (TPSA) is 82.0 Å². The molecule has 0 aliphatic carbocycles. The molecule has 5 rings (SSSR count). The molecule has 148 valence electrons. The number of nitrogens with one attached hydrogen (secondary N) is 1. The van der Waals surface area contributed by atoms with Gasteiger partial charge in [-0.1, -0.05) is 60.7 Å². The van der Waals surface area contributed by atoms with E-state index in [1.807, 2.05) is 48.5 Å². The fourth-order valence-corrected chi connectivity index (χ4v) is 4.06. The molecule has 0 aromatic heterocycles. The highest BCUT2D eigenvalue weighted by Gasteiger charge is 2.37. The van der Waals surface area contributed by atoms with Crippen LogP contribution in [0.2, 0.25) is 0 Å². The fourth-order valence-electron chi connectivity index (χ4n) is 4.06. The highest BCUT2D eigenvalue weighted by molar-refractivity contribution is 6.21. The SMILES string of the molecule is O=C(NC1N=C(c2ccccc2)c2cccc3c2N(CC3)C1=O)c1ccccc1O. The van der Waals surface area contributed by atoms with E-state index in [-0.39, 0.29) is 17.2 Å². The van der Waals surface area contributed by atoms with Crippen molar-refractivity contribution >= 4 is 23.2 Å². The average Bonchev–Trinajstić information content (AvgIpc) is 3.16. The van der Waals surface area contributed by atoms with Crippen molar-refractivity contribution in [3.05, 3.63) is 95.1 Å². The van der Waals surface area contributed by atoms with Gasteiger partial charge in [0.1, 0.15) is 5.75 Å². The predicted octanol–water partition coefficient (Wildman–Crippen LogP) is 2.89. The highest BCUT2D eigenvalue weighted by atomic mass is 16.3. The Labute approximate surface area is 173 Å². The molecule has 1 unspecified atom stereocenters. The van der Waals surface area contributed by atoms with Gasteiger partial charge < -0.3 is 15.3 Å². The third-order valence-corrected chi connectivity index (χ3v) is 5.47. The van der Waals surface area contributed by atoms with Crippen LogP contribution in [0.5, 0.6) is 5.75 Å². The number of phenols is 1. The van der Waals surface area contributed by atoms with E-state index in [9.17, 15) is 14.7 Å². The van der Waals surface area contributed by atoms with Crippen molar-refractivity contribution in [1.29, 1.82) is 0 Å². The fraction of sp³-hybridized carbons (Fsp3) is 0.125. The van der Waals surface area contributed by atoms with Gasteiger partial charge in [-0.05, 0) is 24.1 Å². The third kappa shape index (κ3) is 2.93. The molecule has 0 bridgehead atoms. The molecule has 0 saturated heterocycles. The van der Waals surface area contributed by atoms with Crippen LogP contribution in [0.25, 0.3) is 0 Å². The number of para-hydroxylation sites is 2. The van der Waals surface area contributed by atoms with Crippen molar-refractivity contribution in [2.45, 2.75) is 12.6 Å². The van der Waals surface area contributed by atoms with Gasteiger partial charge in [-0.15, -0.1) is 0 Å². The lowest BCUT2D eigenvalue weighted by molar-refractivity contribution is -0.120. The summed E-state index contributed by atoms with van der Waals surface area (Å²) in [5.41, 5.74) is 4.47. The quantitative estimate of drug-likeness (QED) is 0.713. The van der Waals surface area contributed by atoms with Crippen molar-refractivity contribution in [2.24, 2.45) is 4.99 Å². The summed E-state index contributed by atoms with van der Waals surface area (Å²) in [7, 11) is 0. The number of hydrogen-bond acceptors (Lipinski definition) is 4. The summed E-state index contributed by atoms with van der Waals surface area (Å²) in [5.74, 6) is -0.973. The number of hydrogen-bond donors (Lipinski definition) is 2. The lowest BCUT2D eigenvalue weighted by atomic mass is 9.98. The maximum Gasteiger partial charge on any atom is 0.272 e. The van der Waals surface area contributed by atoms with Crippen LogP contribution in [0.4, 0.5) is 5.69 Å². The van der Waals surface area contributed by atoms with Gasteiger partial charge in [-0.3, -0.25) is 9.59 Å². The lowest BCUT2D eigenvalue weighted by Gasteiger charge is -2.21. The average molecular weight is 397 g/mol. The number of carbonyl (C=O) groups is 2. The summed E-state index contributed by atoms with van der Waals surface area (Å²) in [5, 5.41) is 12.7. The molecule has 0 fully saturated rings. The minimum Gasteiger partial charge on any atom is -0.507 e. The van der Waals surface area contributed by atoms with Crippen molar-refractivity contribution < 1.29 is 14.7 Å². The Kier molecular flexibility index (Phi) is 4.32. The minimum absolute atomic E-state index is 0.102. The summed E-state index contributed by atoms with van der Waals surface area (Å²) < 4.78 is 0. The summed E-state index contributed by atoms with van der Waals surface area (Å²) in [4.78, 5) is 32.6. The van der Waals surface area contributed by atoms with Gasteiger partial charge >= 0.3 is 0 Å². The summed E-state index contributed by atoms with van der Waals surface area (Å²) in [6.45, 7) is 0.547. The second kappa shape index (κ2) is 7.15. The molecule has 30 heavy (non-hydrogen) atoms. The van der Waals surface area contributed by atoms with Crippen LogP contribution in [0, 0.1) is 0 Å². The number of benzene rings is 3. The Morgan fingerprint density at radius 1 is 1.00 bits per heavy atom. The van der Waals surface area contributed by atoms with E-state index in [0.29, 0.717) is 12.3 Å². The van der Waals surface area contributed by atoms with E-state index in [4.69, 9.17) is 4.99 Å². The van der Waals surface area contributed by atoms with Gasteiger partial charge in [0.25, 0.3) is 11.8 Å². The largest absolute Gasteiger partial charge is 0.507 e. The Hall–Kier alpha value is -3.93. The zero-order valence-corrected chi connectivity index (χ0v) is 16.1. The first-order valence-electron chi connectivity index (χ1n) is 9.79. The van der Waals surface area contributed by atoms with Crippen LogP contribution in [-0.2, 0) is 11.2 Å². The van der Waals surface area contributed by atoms with Crippen LogP contribution in [-0.4, -0.2) is 35.3 Å². The molecule has 2 amide bonds. The molecule has 2 heterocycles. The van der Waals surface area contributed by atoms with Gasteiger partial charge in [0, 0.05) is 17.7 Å². The Bertz CT molecular complexity index is 1190. The van der Waals surface area contributed by atoms with E-state index in [0.717, 1.165) is 28.8 Å². The molecule has 3 aromatic rings. The van der Waals surface area contributed by atoms with Crippen molar-refractivity contribution in [3.8, 4) is 5.75 Å². The van der Waals surface area contributed by atoms with E-state index in [1.165, 1.54) is 12.1 Å². The Morgan fingerprint density at radius 3 is 2.57 bits per heavy atom. The maximum absolute atomic E-state index is 13.3. The minimum atomic E-state index is -1.09. The van der Waals surface area contributed by atoms with E-state index in [1.54, 1.807) is 17.0 Å². The number of aromatic hydroxyl groups is 1. The molecule has 0 radical (unpaired) electrons. The summed E-state index contributed by atoms with van der Waals surface area (Å²) in [6.07, 6.45) is -0.331. The maximum atomic E-state index is 13.3. The van der Waals surface area contributed by atoms with Crippen molar-refractivity contribution in [3.63, 3.8) is 0 Å². The molecule has 0 spiro atoms. The Morgan fingerprint density at radius 2 is 1.77 bits per heavy atom. The van der Waals surface area contributed by atoms with Crippen LogP contribution in [0.3, 0.4) is 0 Å². The molecule has 2 aliphatic rings. The van der Waals surface area contributed by atoms with Gasteiger partial charge in [0.15, 0.2) is 0 Å². The molecular formula is C24H19N3O3. The molecule has 6 nitrogen and oxygen atoms in total. The number of amides is 2. The zero-order chi connectivity index (χ0) is 20.7. The van der Waals surface area contributed by atoms with Crippen molar-refractivity contribution in [2.75, 3.05) is 11.4 Å². The first-order chi connectivity index (χ1) is 14.6. The van der Waals surface area contributed by atoms with Crippen LogP contribution in [0.15, 0.2) is 77.8 Å². The molecule has 2 N–H and O–H groups in total. The number of carbonyl (C=O) groups excluding carboxylic acids is 2. The number of anilines is 1. The second-order valence-corrected chi connectivity index (χ2v) is 7.29. The standard InChI is InChI=1S/C24H19N3O3/c28-19-12-5-4-10-17(19)23(29)26-22-24(30)27-14-13-16-9-6-11-18(21(16)27)20(25-22)15-7-2-1-3-8-15/h1-12,22,28H,13-14H2,(H,26,29). The highest BCUT2D eigenvalue weighted by Crippen LogP contribution is 2.36. The summed E-state index contributed by atoms with van der Waals surface area (Å²) in [6, 6.07) is 21.8. The van der Waals surface area contributed by atoms with E-state index >= 15 is 0 Å². The molecular weight excluding hydrogens is 378 g/mol. The zero-order valence-electron chi connectivity index (χ0n) is 16.1. The van der Waals surface area contributed by atoms with Crippen LogP contribution >= 0.6 is 0 Å². The normalized spacial score (nSPS) is 17.2. The van der Waals surface area contributed by atoms with Gasteiger partial charge in [-0.25, -0.2) is 4.99 Å². The molecule has 0 saturated carbocycles. The van der Waals surface area contributed by atoms with Gasteiger partial charge in [0.05, 0.1) is 17.0 Å². The van der Waals surface area contributed by atoms with Gasteiger partial charge in [0.2, 0.25) is 6.17 Å². The second-order valence-electron chi connectivity index (χ2n) is 7.29. The number of rotatable bonds is 3. The summed E-state index contributed by atoms with van der Waals surface area (Å²) >= 11 is 0. The van der Waals surface area contributed by atoms with E-state index < -0.39 is 12.1 Å². The lowest BCUT2D eigenvalue weighted by Crippen LogP contribution is -2.47. The first kappa shape index (κ1) is 18.1. The number of aliphatic imine (C=N–C) groups is 1. The molecule has 6 heteroatoms. The molecule has 3 aromatic carbocycles. The van der Waals surface area contributed by atoms with Gasteiger partial charge in [-0.2, -0.15) is 0 Å². The first-order valence-corrected chi connectivity index (χ1v) is 9.79. The van der Waals surface area contributed by atoms with Crippen LogP contribution in [0.1, 0.15) is 27.0 Å². The third-order valence-electron chi connectivity index (χ3n) is 5.47. The molecule has 2 aliphatic heterocycles. The van der Waals surface area contributed by atoms with Crippen LogP contribution < -0.4 is 10.2 Å². The van der Waals surface area contributed by atoms with E-state index in [2.05, 4.69) is 5.32 Å². The van der Waals surface area contributed by atoms with Crippen molar-refractivity contribution in [1.82, 2.24) is 5.32 Å². The monoisotopic (exact) mass is 397 g/mol. The number of phenolic OH excluding ortho intramolecular Hbond substituents is 1. The number of nitrogens with zero attached hydrogens (tertiary/aromatic N) is 2.